The number of alkyl carbamates (subject to hydrolysis) is 1. The summed E-state index contributed by atoms with van der Waals surface area (Å²) < 4.78 is 5.33. The first-order valence-electron chi connectivity index (χ1n) is 8.56. The smallest absolute Gasteiger partial charge is 0.407 e. The molecular formula is C20H19N2O5-. The number of hydrogen-bond acceptors (Lipinski definition) is 5. The van der Waals surface area contributed by atoms with Gasteiger partial charge in [-0.3, -0.25) is 4.79 Å². The summed E-state index contributed by atoms with van der Waals surface area (Å²) in [5.41, 5.74) is 4.42. The molecule has 0 saturated carbocycles. The van der Waals surface area contributed by atoms with Crippen molar-refractivity contribution in [2.45, 2.75) is 18.9 Å². The van der Waals surface area contributed by atoms with E-state index >= 15 is 0 Å². The van der Waals surface area contributed by atoms with Crippen molar-refractivity contribution in [2.75, 3.05) is 13.2 Å². The van der Waals surface area contributed by atoms with Crippen LogP contribution in [0.25, 0.3) is 11.1 Å². The van der Waals surface area contributed by atoms with E-state index in [4.69, 9.17) is 4.74 Å². The molecule has 1 aliphatic rings. The minimum Gasteiger partial charge on any atom is -0.548 e. The Morgan fingerprint density at radius 1 is 1.04 bits per heavy atom. The van der Waals surface area contributed by atoms with E-state index in [1.807, 2.05) is 48.5 Å². The van der Waals surface area contributed by atoms with Crippen LogP contribution in [-0.4, -0.2) is 37.2 Å². The lowest BCUT2D eigenvalue weighted by atomic mass is 9.98. The highest BCUT2D eigenvalue weighted by molar-refractivity contribution is 5.87. The molecule has 1 aliphatic carbocycles. The molecule has 7 nitrogen and oxygen atoms in total. The number of amides is 2. The van der Waals surface area contributed by atoms with Crippen molar-refractivity contribution in [3.8, 4) is 11.1 Å². The van der Waals surface area contributed by atoms with E-state index in [2.05, 4.69) is 10.6 Å². The quantitative estimate of drug-likeness (QED) is 0.784. The summed E-state index contributed by atoms with van der Waals surface area (Å²) in [5.74, 6) is -2.12. The highest BCUT2D eigenvalue weighted by Gasteiger charge is 2.29. The largest absolute Gasteiger partial charge is 0.548 e. The average Bonchev–Trinajstić information content (AvgIpc) is 2.98. The van der Waals surface area contributed by atoms with Crippen molar-refractivity contribution in [1.29, 1.82) is 0 Å². The zero-order valence-corrected chi connectivity index (χ0v) is 14.7. The third kappa shape index (κ3) is 4.08. The number of benzene rings is 2. The van der Waals surface area contributed by atoms with E-state index in [1.165, 1.54) is 6.92 Å². The van der Waals surface area contributed by atoms with Crippen LogP contribution in [0.15, 0.2) is 48.5 Å². The Hall–Kier alpha value is -3.35. The lowest BCUT2D eigenvalue weighted by Crippen LogP contribution is -2.48. The Morgan fingerprint density at radius 3 is 2.15 bits per heavy atom. The molecule has 0 aromatic heterocycles. The van der Waals surface area contributed by atoms with Gasteiger partial charge in [-0.2, -0.15) is 0 Å². The van der Waals surface area contributed by atoms with E-state index in [0.717, 1.165) is 22.3 Å². The summed E-state index contributed by atoms with van der Waals surface area (Å²) >= 11 is 0. The molecule has 2 amide bonds. The fourth-order valence-electron chi connectivity index (χ4n) is 3.19. The highest BCUT2D eigenvalue weighted by Crippen LogP contribution is 2.44. The predicted molar refractivity (Wildman–Crippen MR) is 95.7 cm³/mol. The topological polar surface area (TPSA) is 108 Å². The van der Waals surface area contributed by atoms with E-state index < -0.39 is 30.6 Å². The Morgan fingerprint density at radius 2 is 1.59 bits per heavy atom. The van der Waals surface area contributed by atoms with Gasteiger partial charge in [-0.1, -0.05) is 48.5 Å². The molecule has 2 aromatic rings. The van der Waals surface area contributed by atoms with Crippen LogP contribution in [0.2, 0.25) is 0 Å². The van der Waals surface area contributed by atoms with Gasteiger partial charge in [0.05, 0.1) is 12.5 Å². The van der Waals surface area contributed by atoms with Crippen LogP contribution in [-0.2, 0) is 14.3 Å². The second-order valence-electron chi connectivity index (χ2n) is 6.28. The predicted octanol–water partition coefficient (Wildman–Crippen LogP) is 0.780. The van der Waals surface area contributed by atoms with Crippen LogP contribution in [0, 0.1) is 0 Å². The molecule has 0 unspecified atom stereocenters. The average molecular weight is 367 g/mol. The SMILES string of the molecule is C[C@H](NC(=O)OCC1c2ccccc2-c2ccccc21)C(=O)NCC(=O)[O-]. The maximum absolute atomic E-state index is 12.0. The van der Waals surface area contributed by atoms with Gasteiger partial charge in [0.1, 0.15) is 12.6 Å². The van der Waals surface area contributed by atoms with E-state index in [9.17, 15) is 19.5 Å². The van der Waals surface area contributed by atoms with Crippen LogP contribution < -0.4 is 15.7 Å². The zero-order valence-electron chi connectivity index (χ0n) is 14.7. The van der Waals surface area contributed by atoms with Crippen molar-refractivity contribution in [1.82, 2.24) is 10.6 Å². The summed E-state index contributed by atoms with van der Waals surface area (Å²) in [6, 6.07) is 15.0. The van der Waals surface area contributed by atoms with Crippen LogP contribution in [0.3, 0.4) is 0 Å². The Kier molecular flexibility index (Phi) is 5.40. The van der Waals surface area contributed by atoms with Gasteiger partial charge in [0, 0.05) is 5.92 Å². The van der Waals surface area contributed by atoms with Gasteiger partial charge in [0.15, 0.2) is 0 Å². The van der Waals surface area contributed by atoms with Crippen LogP contribution in [0.4, 0.5) is 4.79 Å². The number of carboxylic acid groups (broad SMARTS) is 1. The number of rotatable bonds is 6. The molecule has 2 aromatic carbocycles. The van der Waals surface area contributed by atoms with Crippen molar-refractivity contribution < 1.29 is 24.2 Å². The molecule has 1 atom stereocenters. The van der Waals surface area contributed by atoms with Gasteiger partial charge in [-0.05, 0) is 29.2 Å². The number of fused-ring (bicyclic) bond motifs is 3. The van der Waals surface area contributed by atoms with Gasteiger partial charge >= 0.3 is 6.09 Å². The van der Waals surface area contributed by atoms with E-state index in [-0.39, 0.29) is 12.5 Å². The van der Waals surface area contributed by atoms with Crippen molar-refractivity contribution >= 4 is 18.0 Å². The lowest BCUT2D eigenvalue weighted by molar-refractivity contribution is -0.304. The number of hydrogen-bond donors (Lipinski definition) is 2. The second-order valence-corrected chi connectivity index (χ2v) is 6.28. The first-order chi connectivity index (χ1) is 13.0. The fourth-order valence-corrected chi connectivity index (χ4v) is 3.19. The molecule has 0 aliphatic heterocycles. The number of carbonyl (C=O) groups is 3. The van der Waals surface area contributed by atoms with Crippen LogP contribution in [0.5, 0.6) is 0 Å². The molecule has 7 heteroatoms. The summed E-state index contributed by atoms with van der Waals surface area (Å²) in [6.07, 6.45) is -0.743. The van der Waals surface area contributed by atoms with Crippen LogP contribution in [0.1, 0.15) is 24.0 Å². The first kappa shape index (κ1) is 18.4. The normalized spacial score (nSPS) is 13.2. The minimum absolute atomic E-state index is 0.0784. The van der Waals surface area contributed by atoms with Gasteiger partial charge in [0.2, 0.25) is 5.91 Å². The van der Waals surface area contributed by atoms with Crippen molar-refractivity contribution in [3.63, 3.8) is 0 Å². The van der Waals surface area contributed by atoms with Crippen LogP contribution >= 0.6 is 0 Å². The molecule has 0 saturated heterocycles. The molecule has 3 rings (SSSR count). The molecule has 27 heavy (non-hydrogen) atoms. The molecule has 140 valence electrons. The molecule has 0 bridgehead atoms. The van der Waals surface area contributed by atoms with Gasteiger partial charge < -0.3 is 25.3 Å². The number of aliphatic carboxylic acids is 1. The van der Waals surface area contributed by atoms with Crippen molar-refractivity contribution in [3.05, 3.63) is 59.7 Å². The third-order valence-electron chi connectivity index (χ3n) is 4.48. The maximum atomic E-state index is 12.0. The first-order valence-corrected chi connectivity index (χ1v) is 8.56. The molecule has 0 spiro atoms. The minimum atomic E-state index is -1.41. The van der Waals surface area contributed by atoms with Gasteiger partial charge in [0.25, 0.3) is 0 Å². The Bertz CT molecular complexity index is 835. The molecule has 0 heterocycles. The lowest BCUT2D eigenvalue weighted by Gasteiger charge is -2.17. The third-order valence-corrected chi connectivity index (χ3v) is 4.48. The Balaban J connectivity index is 1.61. The van der Waals surface area contributed by atoms with Gasteiger partial charge in [-0.25, -0.2) is 4.79 Å². The summed E-state index contributed by atoms with van der Waals surface area (Å²) in [6.45, 7) is 0.953. The van der Waals surface area contributed by atoms with Gasteiger partial charge in [-0.15, -0.1) is 0 Å². The standard InChI is InChI=1S/C20H20N2O5/c1-12(19(25)21-10-18(23)24)22-20(26)27-11-17-15-8-4-2-6-13(15)14-7-3-5-9-16(14)17/h2-9,12,17H,10-11H2,1H3,(H,21,25)(H,22,26)(H,23,24)/p-1/t12-/m0/s1. The summed E-state index contributed by atoms with van der Waals surface area (Å²) in [7, 11) is 0. The Labute approximate surface area is 156 Å². The highest BCUT2D eigenvalue weighted by atomic mass is 16.5. The number of nitrogens with one attached hydrogen (secondary N) is 2. The molecule has 2 N–H and O–H groups in total. The molecular weight excluding hydrogens is 348 g/mol. The number of carbonyl (C=O) groups excluding carboxylic acids is 3. The molecule has 0 radical (unpaired) electrons. The monoisotopic (exact) mass is 367 g/mol. The van der Waals surface area contributed by atoms with E-state index in [1.54, 1.807) is 0 Å². The van der Waals surface area contributed by atoms with Crippen molar-refractivity contribution in [2.24, 2.45) is 0 Å². The zero-order chi connectivity index (χ0) is 19.4. The summed E-state index contributed by atoms with van der Waals surface area (Å²) in [4.78, 5) is 34.1. The second kappa shape index (κ2) is 7.90. The fraction of sp³-hybridized carbons (Fsp3) is 0.250. The van der Waals surface area contributed by atoms with E-state index in [0.29, 0.717) is 0 Å². The number of carboxylic acids is 1. The molecule has 0 fully saturated rings. The maximum Gasteiger partial charge on any atom is 0.407 e. The summed E-state index contributed by atoms with van der Waals surface area (Å²) in [5, 5.41) is 14.9. The number of ether oxygens (including phenoxy) is 1.